The summed E-state index contributed by atoms with van der Waals surface area (Å²) < 4.78 is 10.5. The molecule has 3 aromatic rings. The summed E-state index contributed by atoms with van der Waals surface area (Å²) in [6.45, 7) is -0.0662. The lowest BCUT2D eigenvalue weighted by molar-refractivity contribution is -0.136. The van der Waals surface area contributed by atoms with Gasteiger partial charge < -0.3 is 25.1 Å². The Hall–Kier alpha value is -4.64. The van der Waals surface area contributed by atoms with Crippen molar-refractivity contribution in [1.29, 1.82) is 0 Å². The van der Waals surface area contributed by atoms with E-state index in [-0.39, 0.29) is 12.3 Å². The number of hydrogen-bond donors (Lipinski definition) is 4. The van der Waals surface area contributed by atoms with E-state index >= 15 is 0 Å². The van der Waals surface area contributed by atoms with Crippen molar-refractivity contribution in [3.05, 3.63) is 77.2 Å². The number of ether oxygens (including phenoxy) is 1. The first kappa shape index (κ1) is 25.0. The minimum Gasteiger partial charge on any atom is -0.495 e. The fourth-order valence-electron chi connectivity index (χ4n) is 2.69. The van der Waals surface area contributed by atoms with E-state index in [9.17, 15) is 19.2 Å². The second-order valence-electron chi connectivity index (χ2n) is 6.80. The second kappa shape index (κ2) is 12.0. The molecule has 12 heteroatoms. The monoisotopic (exact) mass is 497 g/mol. The number of methoxy groups -OCH3 is 1. The molecule has 2 aromatic carbocycles. The SMILES string of the molecule is COc1ccccc1NC(=O)C(=O)N/N=C/c1ccc(CNC(=O)C(=O)Nc2cccc(Cl)c2)o1. The lowest BCUT2D eigenvalue weighted by atomic mass is 10.3. The zero-order valence-electron chi connectivity index (χ0n) is 18.3. The van der Waals surface area contributed by atoms with Gasteiger partial charge in [0.15, 0.2) is 0 Å². The number of benzene rings is 2. The van der Waals surface area contributed by atoms with Crippen LogP contribution in [0.25, 0.3) is 0 Å². The highest BCUT2D eigenvalue weighted by Crippen LogP contribution is 2.22. The Labute approximate surface area is 204 Å². The fraction of sp³-hybridized carbons (Fsp3) is 0.0870. The number of amides is 4. The van der Waals surface area contributed by atoms with Crippen molar-refractivity contribution in [2.75, 3.05) is 17.7 Å². The molecule has 0 unspecified atom stereocenters. The number of halogens is 1. The Morgan fingerprint density at radius 3 is 2.49 bits per heavy atom. The molecule has 0 saturated heterocycles. The van der Waals surface area contributed by atoms with Crippen LogP contribution in [-0.2, 0) is 25.7 Å². The molecular formula is C23H20ClN5O6. The number of furan rings is 1. The van der Waals surface area contributed by atoms with Crippen molar-refractivity contribution >= 4 is 52.8 Å². The largest absolute Gasteiger partial charge is 0.495 e. The number of para-hydroxylation sites is 2. The molecule has 0 atom stereocenters. The summed E-state index contributed by atoms with van der Waals surface area (Å²) >= 11 is 5.84. The molecule has 0 radical (unpaired) electrons. The van der Waals surface area contributed by atoms with E-state index in [2.05, 4.69) is 26.5 Å². The Bertz CT molecular complexity index is 1270. The van der Waals surface area contributed by atoms with Crippen LogP contribution in [0, 0.1) is 0 Å². The first-order valence-corrected chi connectivity index (χ1v) is 10.4. The first-order chi connectivity index (χ1) is 16.9. The van der Waals surface area contributed by atoms with Gasteiger partial charge in [0.05, 0.1) is 25.6 Å². The maximum atomic E-state index is 12.0. The van der Waals surface area contributed by atoms with Crippen molar-refractivity contribution < 1.29 is 28.3 Å². The molecule has 4 amide bonds. The van der Waals surface area contributed by atoms with Crippen LogP contribution in [0.5, 0.6) is 5.75 Å². The molecule has 180 valence electrons. The quantitative estimate of drug-likeness (QED) is 0.223. The fourth-order valence-corrected chi connectivity index (χ4v) is 2.88. The van der Waals surface area contributed by atoms with Crippen LogP contribution in [0.4, 0.5) is 11.4 Å². The van der Waals surface area contributed by atoms with Gasteiger partial charge in [0.25, 0.3) is 0 Å². The van der Waals surface area contributed by atoms with Crippen LogP contribution < -0.4 is 26.1 Å². The Kier molecular flexibility index (Phi) is 8.57. The van der Waals surface area contributed by atoms with E-state index in [1.54, 1.807) is 48.5 Å². The summed E-state index contributed by atoms with van der Waals surface area (Å²) in [5.74, 6) is -2.71. The van der Waals surface area contributed by atoms with E-state index in [4.69, 9.17) is 20.8 Å². The number of nitrogens with zero attached hydrogens (tertiary/aromatic N) is 1. The van der Waals surface area contributed by atoms with Crippen molar-refractivity contribution in [3.63, 3.8) is 0 Å². The van der Waals surface area contributed by atoms with Gasteiger partial charge >= 0.3 is 23.6 Å². The van der Waals surface area contributed by atoms with Crippen molar-refractivity contribution in [3.8, 4) is 5.75 Å². The summed E-state index contributed by atoms with van der Waals surface area (Å²) in [5, 5.41) is 11.3. The molecule has 1 aromatic heterocycles. The lowest BCUT2D eigenvalue weighted by Gasteiger charge is -2.08. The maximum absolute atomic E-state index is 12.0. The smallest absolute Gasteiger partial charge is 0.329 e. The molecular weight excluding hydrogens is 478 g/mol. The van der Waals surface area contributed by atoms with Crippen LogP contribution in [0.1, 0.15) is 11.5 Å². The molecule has 35 heavy (non-hydrogen) atoms. The average Bonchev–Trinajstić information content (AvgIpc) is 3.30. The number of anilines is 2. The zero-order chi connectivity index (χ0) is 25.2. The van der Waals surface area contributed by atoms with Gasteiger partial charge in [-0.3, -0.25) is 19.2 Å². The highest BCUT2D eigenvalue weighted by molar-refractivity contribution is 6.40. The summed E-state index contributed by atoms with van der Waals surface area (Å²) in [6.07, 6.45) is 1.17. The van der Waals surface area contributed by atoms with E-state index in [0.29, 0.717) is 27.9 Å². The molecule has 0 aliphatic rings. The van der Waals surface area contributed by atoms with Gasteiger partial charge in [0.2, 0.25) is 0 Å². The molecule has 0 aliphatic heterocycles. The Morgan fingerprint density at radius 1 is 0.943 bits per heavy atom. The molecule has 11 nitrogen and oxygen atoms in total. The standard InChI is InChI=1S/C23H20ClN5O6/c1-34-19-8-3-2-7-18(19)28-22(32)23(33)29-26-13-17-10-9-16(35-17)12-25-20(30)21(31)27-15-6-4-5-14(24)11-15/h2-11,13H,12H2,1H3,(H,25,30)(H,27,31)(H,28,32)(H,29,33)/b26-13+. The van der Waals surface area contributed by atoms with Crippen molar-refractivity contribution in [2.24, 2.45) is 5.10 Å². The normalized spacial score (nSPS) is 10.5. The first-order valence-electron chi connectivity index (χ1n) is 10.1. The predicted molar refractivity (Wildman–Crippen MR) is 128 cm³/mol. The molecule has 3 rings (SSSR count). The predicted octanol–water partition coefficient (Wildman–Crippen LogP) is 2.29. The van der Waals surface area contributed by atoms with E-state index in [0.717, 1.165) is 0 Å². The third kappa shape index (κ3) is 7.44. The topological polar surface area (TPSA) is 151 Å². The van der Waals surface area contributed by atoms with Crippen LogP contribution in [-0.4, -0.2) is 37.0 Å². The van der Waals surface area contributed by atoms with Crippen LogP contribution in [0.2, 0.25) is 5.02 Å². The van der Waals surface area contributed by atoms with Crippen molar-refractivity contribution in [2.45, 2.75) is 6.54 Å². The minimum absolute atomic E-state index is 0.0662. The van der Waals surface area contributed by atoms with Gasteiger partial charge in [-0.05, 0) is 42.5 Å². The summed E-state index contributed by atoms with van der Waals surface area (Å²) in [4.78, 5) is 47.9. The lowest BCUT2D eigenvalue weighted by Crippen LogP contribution is -2.34. The molecule has 0 fully saturated rings. The van der Waals surface area contributed by atoms with Gasteiger partial charge in [-0.15, -0.1) is 0 Å². The number of carbonyl (C=O) groups excluding carboxylic acids is 4. The third-order valence-corrected chi connectivity index (χ3v) is 4.55. The van der Waals surface area contributed by atoms with Crippen LogP contribution in [0.15, 0.2) is 70.2 Å². The molecule has 4 N–H and O–H groups in total. The van der Waals surface area contributed by atoms with Gasteiger partial charge in [-0.25, -0.2) is 5.43 Å². The van der Waals surface area contributed by atoms with Crippen LogP contribution >= 0.6 is 11.6 Å². The molecule has 0 bridgehead atoms. The molecule has 1 heterocycles. The zero-order valence-corrected chi connectivity index (χ0v) is 19.1. The highest BCUT2D eigenvalue weighted by atomic mass is 35.5. The summed E-state index contributed by atoms with van der Waals surface area (Å²) in [7, 11) is 1.44. The number of nitrogens with one attached hydrogen (secondary N) is 4. The van der Waals surface area contributed by atoms with Crippen molar-refractivity contribution in [1.82, 2.24) is 10.7 Å². The number of rotatable bonds is 7. The Balaban J connectivity index is 1.44. The van der Waals surface area contributed by atoms with E-state index in [1.807, 2.05) is 0 Å². The van der Waals surface area contributed by atoms with Gasteiger partial charge in [0, 0.05) is 10.7 Å². The number of hydrazone groups is 1. The van der Waals surface area contributed by atoms with Gasteiger partial charge in [-0.2, -0.15) is 5.10 Å². The number of hydrogen-bond acceptors (Lipinski definition) is 7. The van der Waals surface area contributed by atoms with Gasteiger partial charge in [0.1, 0.15) is 17.3 Å². The molecule has 0 aliphatic carbocycles. The summed E-state index contributed by atoms with van der Waals surface area (Å²) in [6, 6.07) is 16.1. The van der Waals surface area contributed by atoms with E-state index < -0.39 is 23.6 Å². The highest BCUT2D eigenvalue weighted by Gasteiger charge is 2.16. The van der Waals surface area contributed by atoms with E-state index in [1.165, 1.54) is 25.5 Å². The number of carbonyl (C=O) groups is 4. The molecule has 0 saturated carbocycles. The second-order valence-corrected chi connectivity index (χ2v) is 7.24. The molecule has 0 spiro atoms. The van der Waals surface area contributed by atoms with Crippen LogP contribution in [0.3, 0.4) is 0 Å². The summed E-state index contributed by atoms with van der Waals surface area (Å²) in [5.41, 5.74) is 2.79. The third-order valence-electron chi connectivity index (χ3n) is 4.31. The van der Waals surface area contributed by atoms with Gasteiger partial charge in [-0.1, -0.05) is 29.8 Å². The average molecular weight is 498 g/mol. The maximum Gasteiger partial charge on any atom is 0.329 e. The Morgan fingerprint density at radius 2 is 1.71 bits per heavy atom. The minimum atomic E-state index is -1.00.